The molecule has 1 saturated heterocycles. The topological polar surface area (TPSA) is 42.4 Å². The molecule has 0 N–H and O–H groups in total. The Labute approximate surface area is 118 Å². The van der Waals surface area contributed by atoms with Crippen molar-refractivity contribution in [2.24, 2.45) is 0 Å². The molecule has 0 radical (unpaired) electrons. The molecule has 0 aliphatic carbocycles. The van der Waals surface area contributed by atoms with Gasteiger partial charge in [0.05, 0.1) is 18.7 Å². The fraction of sp³-hybridized carbons (Fsp3) is 0.714. The molecule has 1 aliphatic heterocycles. The molecule has 4 nitrogen and oxygen atoms in total. The van der Waals surface area contributed by atoms with Gasteiger partial charge in [0.25, 0.3) is 0 Å². The predicted molar refractivity (Wildman–Crippen MR) is 77.7 cm³/mol. The van der Waals surface area contributed by atoms with E-state index >= 15 is 0 Å². The number of nitrogens with zero attached hydrogens (tertiary/aromatic N) is 2. The van der Waals surface area contributed by atoms with E-state index in [1.165, 1.54) is 19.3 Å². The lowest BCUT2D eigenvalue weighted by atomic mass is 10.0. The van der Waals surface area contributed by atoms with E-state index < -0.39 is 0 Å². The number of hydrogen-bond donors (Lipinski definition) is 0. The van der Waals surface area contributed by atoms with Gasteiger partial charge in [0.2, 0.25) is 0 Å². The van der Waals surface area contributed by atoms with E-state index in [0.717, 1.165) is 23.8 Å². The highest BCUT2D eigenvalue weighted by molar-refractivity contribution is 7.13. The number of aromatic nitrogens is 1. The Hall–Kier alpha value is -1.10. The van der Waals surface area contributed by atoms with Gasteiger partial charge < -0.3 is 9.64 Å². The van der Waals surface area contributed by atoms with Crippen molar-refractivity contribution in [3.8, 4) is 0 Å². The highest BCUT2D eigenvalue weighted by Gasteiger charge is 2.23. The molecular weight excluding hydrogens is 260 g/mol. The Balaban J connectivity index is 2.01. The Kier molecular flexibility index (Phi) is 5.19. The van der Waals surface area contributed by atoms with Crippen LogP contribution in [0.15, 0.2) is 5.38 Å². The third-order valence-electron chi connectivity index (χ3n) is 3.51. The van der Waals surface area contributed by atoms with Gasteiger partial charge in [-0.15, -0.1) is 11.3 Å². The van der Waals surface area contributed by atoms with Crippen molar-refractivity contribution in [1.29, 1.82) is 0 Å². The number of esters is 1. The van der Waals surface area contributed by atoms with E-state index in [0.29, 0.717) is 12.6 Å². The summed E-state index contributed by atoms with van der Waals surface area (Å²) in [6, 6.07) is 0.607. The van der Waals surface area contributed by atoms with Crippen LogP contribution in [-0.2, 0) is 16.0 Å². The summed E-state index contributed by atoms with van der Waals surface area (Å²) in [4.78, 5) is 18.5. The number of piperidine rings is 1. The van der Waals surface area contributed by atoms with Crippen LogP contribution in [0.1, 0.15) is 45.2 Å². The normalized spacial score (nSPS) is 19.5. The number of carbonyl (C=O) groups excluding carboxylic acids is 1. The van der Waals surface area contributed by atoms with Crippen molar-refractivity contribution < 1.29 is 9.53 Å². The maximum absolute atomic E-state index is 11.4. The Bertz CT molecular complexity index is 419. The molecular formula is C14H22N2O2S. The number of rotatable bonds is 5. The first kappa shape index (κ1) is 14.3. The van der Waals surface area contributed by atoms with Gasteiger partial charge in [-0.3, -0.25) is 4.79 Å². The minimum Gasteiger partial charge on any atom is -0.466 e. The van der Waals surface area contributed by atoms with E-state index in [2.05, 4.69) is 16.8 Å². The smallest absolute Gasteiger partial charge is 0.311 e. The second-order valence-corrected chi connectivity index (χ2v) is 5.69. The zero-order valence-electron chi connectivity index (χ0n) is 11.7. The Morgan fingerprint density at radius 3 is 3.11 bits per heavy atom. The molecule has 2 heterocycles. The first-order chi connectivity index (χ1) is 9.24. The van der Waals surface area contributed by atoms with Crippen LogP contribution in [0.4, 0.5) is 5.13 Å². The van der Waals surface area contributed by atoms with Crippen LogP contribution in [0.2, 0.25) is 0 Å². The maximum atomic E-state index is 11.4. The Morgan fingerprint density at radius 1 is 1.53 bits per heavy atom. The van der Waals surface area contributed by atoms with Gasteiger partial charge in [-0.05, 0) is 32.6 Å². The molecule has 1 atom stereocenters. The van der Waals surface area contributed by atoms with E-state index in [4.69, 9.17) is 4.74 Å². The van der Waals surface area contributed by atoms with Gasteiger partial charge in [0, 0.05) is 18.0 Å². The highest BCUT2D eigenvalue weighted by Crippen LogP contribution is 2.29. The van der Waals surface area contributed by atoms with Crippen LogP contribution < -0.4 is 4.90 Å². The van der Waals surface area contributed by atoms with Crippen LogP contribution in [0.25, 0.3) is 0 Å². The molecule has 5 heteroatoms. The lowest BCUT2D eigenvalue weighted by Crippen LogP contribution is -2.39. The second-order valence-electron chi connectivity index (χ2n) is 4.85. The van der Waals surface area contributed by atoms with Crippen molar-refractivity contribution in [2.75, 3.05) is 18.1 Å². The van der Waals surface area contributed by atoms with Gasteiger partial charge in [-0.1, -0.05) is 6.92 Å². The van der Waals surface area contributed by atoms with Crippen LogP contribution in [0, 0.1) is 0 Å². The predicted octanol–water partition coefficient (Wildman–Crippen LogP) is 3.02. The third-order valence-corrected chi connectivity index (χ3v) is 4.44. The quantitative estimate of drug-likeness (QED) is 0.779. The van der Waals surface area contributed by atoms with Crippen molar-refractivity contribution in [1.82, 2.24) is 4.98 Å². The molecule has 0 saturated carbocycles. The van der Waals surface area contributed by atoms with Crippen molar-refractivity contribution in [3.63, 3.8) is 0 Å². The summed E-state index contributed by atoms with van der Waals surface area (Å²) < 4.78 is 4.95. The molecule has 0 amide bonds. The molecule has 106 valence electrons. The summed E-state index contributed by atoms with van der Waals surface area (Å²) in [5, 5.41) is 3.04. The highest BCUT2D eigenvalue weighted by atomic mass is 32.1. The standard InChI is InChI=1S/C14H22N2O2S/c1-3-12-7-5-6-8-16(12)14-15-11(10-19-14)9-13(17)18-4-2/h10,12H,3-9H2,1-2H3. The molecule has 0 bridgehead atoms. The minimum atomic E-state index is -0.190. The van der Waals surface area contributed by atoms with Crippen LogP contribution in [0.5, 0.6) is 0 Å². The van der Waals surface area contributed by atoms with E-state index in [-0.39, 0.29) is 12.4 Å². The molecule has 1 aromatic rings. The summed E-state index contributed by atoms with van der Waals surface area (Å²) in [6.45, 7) is 5.57. The number of anilines is 1. The number of ether oxygens (including phenoxy) is 1. The van der Waals surface area contributed by atoms with E-state index in [9.17, 15) is 4.79 Å². The minimum absolute atomic E-state index is 0.190. The molecule has 1 aliphatic rings. The Morgan fingerprint density at radius 2 is 2.37 bits per heavy atom. The fourth-order valence-electron chi connectivity index (χ4n) is 2.55. The number of thiazole rings is 1. The average Bonchev–Trinajstić information content (AvgIpc) is 2.87. The van der Waals surface area contributed by atoms with Gasteiger partial charge in [-0.25, -0.2) is 4.98 Å². The molecule has 19 heavy (non-hydrogen) atoms. The summed E-state index contributed by atoms with van der Waals surface area (Å²) in [6.07, 6.45) is 5.25. The van der Waals surface area contributed by atoms with E-state index in [1.54, 1.807) is 11.3 Å². The van der Waals surface area contributed by atoms with E-state index in [1.807, 2.05) is 12.3 Å². The molecule has 1 fully saturated rings. The third kappa shape index (κ3) is 3.69. The van der Waals surface area contributed by atoms with Gasteiger partial charge in [0.15, 0.2) is 5.13 Å². The molecule has 1 unspecified atom stereocenters. The molecule has 2 rings (SSSR count). The van der Waals surface area contributed by atoms with Crippen molar-refractivity contribution in [2.45, 2.75) is 52.0 Å². The summed E-state index contributed by atoms with van der Waals surface area (Å²) in [5.74, 6) is -0.190. The fourth-order valence-corrected chi connectivity index (χ4v) is 3.47. The van der Waals surface area contributed by atoms with Crippen LogP contribution >= 0.6 is 11.3 Å². The lowest BCUT2D eigenvalue weighted by molar-refractivity contribution is -0.142. The van der Waals surface area contributed by atoms with Gasteiger partial charge >= 0.3 is 5.97 Å². The van der Waals surface area contributed by atoms with Crippen LogP contribution in [-0.4, -0.2) is 30.1 Å². The summed E-state index contributed by atoms with van der Waals surface area (Å²) in [5.41, 5.74) is 0.832. The zero-order valence-corrected chi connectivity index (χ0v) is 12.5. The average molecular weight is 282 g/mol. The summed E-state index contributed by atoms with van der Waals surface area (Å²) >= 11 is 1.64. The van der Waals surface area contributed by atoms with Gasteiger partial charge in [-0.2, -0.15) is 0 Å². The zero-order chi connectivity index (χ0) is 13.7. The molecule has 0 spiro atoms. The number of hydrogen-bond acceptors (Lipinski definition) is 5. The summed E-state index contributed by atoms with van der Waals surface area (Å²) in [7, 11) is 0. The first-order valence-corrected chi connectivity index (χ1v) is 7.99. The van der Waals surface area contributed by atoms with Gasteiger partial charge in [0.1, 0.15) is 0 Å². The maximum Gasteiger partial charge on any atom is 0.311 e. The monoisotopic (exact) mass is 282 g/mol. The first-order valence-electron chi connectivity index (χ1n) is 7.11. The SMILES string of the molecule is CCOC(=O)Cc1csc(N2CCCCC2CC)n1. The number of carbonyl (C=O) groups is 1. The van der Waals surface area contributed by atoms with Crippen molar-refractivity contribution in [3.05, 3.63) is 11.1 Å². The molecule has 0 aromatic carbocycles. The second kappa shape index (κ2) is 6.89. The lowest BCUT2D eigenvalue weighted by Gasteiger charge is -2.35. The van der Waals surface area contributed by atoms with Crippen molar-refractivity contribution >= 4 is 22.4 Å². The molecule has 1 aromatic heterocycles. The van der Waals surface area contributed by atoms with Crippen LogP contribution in [0.3, 0.4) is 0 Å². The largest absolute Gasteiger partial charge is 0.466 e.